The molecule has 3 rings (SSSR count). The van der Waals surface area contributed by atoms with E-state index in [0.29, 0.717) is 24.3 Å². The Morgan fingerprint density at radius 2 is 1.61 bits per heavy atom. The molecule has 0 spiro atoms. The van der Waals surface area contributed by atoms with Crippen LogP contribution in [0.25, 0.3) is 5.57 Å². The Morgan fingerprint density at radius 1 is 1.00 bits per heavy atom. The number of carbonyl (C=O) groups is 1. The zero-order chi connectivity index (χ0) is 16.6. The molecule has 1 heterocycles. The molecule has 1 atom stereocenters. The quantitative estimate of drug-likeness (QED) is 0.886. The highest BCUT2D eigenvalue weighted by atomic mass is 16.5. The molecule has 1 aliphatic carbocycles. The second kappa shape index (κ2) is 6.48. The van der Waals surface area contributed by atoms with Crippen molar-refractivity contribution in [2.24, 2.45) is 11.8 Å². The number of ketones is 1. The van der Waals surface area contributed by atoms with Crippen molar-refractivity contribution in [3.05, 3.63) is 40.1 Å². The molecule has 1 aliphatic heterocycles. The third kappa shape index (κ3) is 3.20. The molecular weight excluding hydrogens is 288 g/mol. The maximum atomic E-state index is 12.8. The Labute approximate surface area is 138 Å². The number of hydrogen-bond acceptors (Lipinski definition) is 3. The summed E-state index contributed by atoms with van der Waals surface area (Å²) in [7, 11) is 0. The molecule has 0 amide bonds. The average molecular weight is 314 g/mol. The fourth-order valence-corrected chi connectivity index (χ4v) is 4.30. The van der Waals surface area contributed by atoms with Gasteiger partial charge >= 0.3 is 0 Å². The maximum Gasteiger partial charge on any atom is 0.167 e. The summed E-state index contributed by atoms with van der Waals surface area (Å²) in [6, 6.07) is 4.17. The van der Waals surface area contributed by atoms with Crippen molar-refractivity contribution in [3.63, 3.8) is 0 Å². The molecule has 23 heavy (non-hydrogen) atoms. The number of hydrogen-bond donors (Lipinski definition) is 1. The van der Waals surface area contributed by atoms with Gasteiger partial charge in [-0.25, -0.2) is 0 Å². The van der Waals surface area contributed by atoms with E-state index in [2.05, 4.69) is 19.1 Å². The molecule has 124 valence electrons. The van der Waals surface area contributed by atoms with Crippen molar-refractivity contribution in [2.45, 2.75) is 46.5 Å². The van der Waals surface area contributed by atoms with Crippen LogP contribution < -0.4 is 0 Å². The van der Waals surface area contributed by atoms with Gasteiger partial charge in [-0.15, -0.1) is 0 Å². The van der Waals surface area contributed by atoms with E-state index in [1.807, 2.05) is 13.8 Å². The van der Waals surface area contributed by atoms with Gasteiger partial charge < -0.3 is 9.84 Å². The molecule has 0 radical (unpaired) electrons. The predicted molar refractivity (Wildman–Crippen MR) is 91.5 cm³/mol. The molecule has 0 bridgehead atoms. The number of carbonyl (C=O) groups excluding carboxylic acids is 1. The van der Waals surface area contributed by atoms with E-state index < -0.39 is 0 Å². The number of allylic oxidation sites excluding steroid dienone is 2. The molecule has 0 saturated carbocycles. The summed E-state index contributed by atoms with van der Waals surface area (Å²) in [5.74, 6) is 1.14. The van der Waals surface area contributed by atoms with Crippen LogP contribution in [0, 0.1) is 32.6 Å². The first-order valence-corrected chi connectivity index (χ1v) is 8.58. The normalized spacial score (nSPS) is 23.4. The maximum absolute atomic E-state index is 12.8. The fourth-order valence-electron chi connectivity index (χ4n) is 4.30. The molecular formula is C20H26O3. The Morgan fingerprint density at radius 3 is 2.17 bits per heavy atom. The summed E-state index contributed by atoms with van der Waals surface area (Å²) in [5, 5.41) is 10.6. The number of aliphatic hydroxyl groups is 1. The minimum atomic E-state index is 0.0975. The summed E-state index contributed by atoms with van der Waals surface area (Å²) in [6.07, 6.45) is 3.18. The van der Waals surface area contributed by atoms with Gasteiger partial charge in [-0.05, 0) is 62.1 Å². The van der Waals surface area contributed by atoms with Crippen molar-refractivity contribution in [1.29, 1.82) is 0 Å². The Bertz CT molecular complexity index is 628. The molecule has 1 aromatic carbocycles. The minimum Gasteiger partial charge on any atom is -0.512 e. The van der Waals surface area contributed by atoms with E-state index in [9.17, 15) is 9.90 Å². The first kappa shape index (κ1) is 16.3. The van der Waals surface area contributed by atoms with Gasteiger partial charge in [0.15, 0.2) is 5.78 Å². The molecule has 1 aromatic rings. The van der Waals surface area contributed by atoms with Crippen LogP contribution in [-0.4, -0.2) is 24.1 Å². The third-order valence-corrected chi connectivity index (χ3v) is 5.33. The van der Waals surface area contributed by atoms with Crippen LogP contribution in [0.5, 0.6) is 0 Å². The molecule has 2 aliphatic rings. The van der Waals surface area contributed by atoms with Crippen LogP contribution >= 0.6 is 0 Å². The highest BCUT2D eigenvalue weighted by molar-refractivity contribution is 6.22. The summed E-state index contributed by atoms with van der Waals surface area (Å²) >= 11 is 0. The van der Waals surface area contributed by atoms with E-state index in [0.717, 1.165) is 42.7 Å². The topological polar surface area (TPSA) is 46.5 Å². The largest absolute Gasteiger partial charge is 0.512 e. The lowest BCUT2D eigenvalue weighted by Crippen LogP contribution is -2.29. The van der Waals surface area contributed by atoms with Gasteiger partial charge in [0.25, 0.3) is 0 Å². The van der Waals surface area contributed by atoms with Gasteiger partial charge in [0.05, 0.1) is 5.57 Å². The molecule has 0 aromatic heterocycles. The number of Topliss-reactive ketones (excluding diaryl/α,β-unsaturated/α-hetero) is 1. The van der Waals surface area contributed by atoms with E-state index in [4.69, 9.17) is 4.74 Å². The van der Waals surface area contributed by atoms with Crippen molar-refractivity contribution >= 4 is 11.4 Å². The van der Waals surface area contributed by atoms with E-state index in [-0.39, 0.29) is 17.5 Å². The predicted octanol–water partition coefficient (Wildman–Crippen LogP) is 4.29. The molecule has 3 heteroatoms. The summed E-state index contributed by atoms with van der Waals surface area (Å²) in [5.41, 5.74) is 4.82. The van der Waals surface area contributed by atoms with Crippen molar-refractivity contribution in [1.82, 2.24) is 0 Å². The van der Waals surface area contributed by atoms with Gasteiger partial charge in [-0.3, -0.25) is 4.79 Å². The zero-order valence-electron chi connectivity index (χ0n) is 14.3. The van der Waals surface area contributed by atoms with Crippen LogP contribution in [0.15, 0.2) is 17.9 Å². The summed E-state index contributed by atoms with van der Waals surface area (Å²) < 4.78 is 5.42. The lowest BCUT2D eigenvalue weighted by Gasteiger charge is -2.33. The third-order valence-electron chi connectivity index (χ3n) is 5.33. The van der Waals surface area contributed by atoms with Gasteiger partial charge in [0.2, 0.25) is 0 Å². The Hall–Kier alpha value is -1.61. The summed E-state index contributed by atoms with van der Waals surface area (Å²) in [6.45, 7) is 7.66. The van der Waals surface area contributed by atoms with Crippen LogP contribution in [-0.2, 0) is 9.53 Å². The molecule has 1 unspecified atom stereocenters. The average Bonchev–Trinajstić information content (AvgIpc) is 2.49. The molecule has 3 nitrogen and oxygen atoms in total. The number of ether oxygens (including phenoxy) is 1. The van der Waals surface area contributed by atoms with E-state index >= 15 is 0 Å². The second-order valence-electron chi connectivity index (χ2n) is 7.14. The van der Waals surface area contributed by atoms with Gasteiger partial charge in [-0.2, -0.15) is 0 Å². The minimum absolute atomic E-state index is 0.0975. The van der Waals surface area contributed by atoms with Crippen LogP contribution in [0.2, 0.25) is 0 Å². The SMILES string of the molecule is Cc1cc(C)c(C2=C(O)CC(C3CCOCC3)CC2=O)c(C)c1. The zero-order valence-corrected chi connectivity index (χ0v) is 14.3. The molecule has 1 saturated heterocycles. The highest BCUT2D eigenvalue weighted by Crippen LogP contribution is 2.40. The van der Waals surface area contributed by atoms with Crippen molar-refractivity contribution in [2.75, 3.05) is 13.2 Å². The lowest BCUT2D eigenvalue weighted by atomic mass is 9.74. The number of aliphatic hydroxyl groups excluding tert-OH is 1. The standard InChI is InChI=1S/C20H26O3/c1-12-8-13(2)19(14(3)9-12)20-17(21)10-16(11-18(20)22)15-4-6-23-7-5-15/h8-9,15-16,21H,4-7,10-11H2,1-3H3. The number of aryl methyl sites for hydroxylation is 3. The van der Waals surface area contributed by atoms with E-state index in [1.165, 1.54) is 5.56 Å². The fraction of sp³-hybridized carbons (Fsp3) is 0.550. The number of rotatable bonds is 2. The highest BCUT2D eigenvalue weighted by Gasteiger charge is 2.34. The smallest absolute Gasteiger partial charge is 0.167 e. The van der Waals surface area contributed by atoms with Gasteiger partial charge in [0.1, 0.15) is 5.76 Å². The first-order valence-electron chi connectivity index (χ1n) is 8.58. The van der Waals surface area contributed by atoms with Gasteiger partial charge in [0, 0.05) is 26.1 Å². The van der Waals surface area contributed by atoms with Crippen molar-refractivity contribution in [3.8, 4) is 0 Å². The van der Waals surface area contributed by atoms with Crippen molar-refractivity contribution < 1.29 is 14.6 Å². The van der Waals surface area contributed by atoms with Gasteiger partial charge in [-0.1, -0.05) is 17.7 Å². The second-order valence-corrected chi connectivity index (χ2v) is 7.14. The molecule has 1 fully saturated rings. The van der Waals surface area contributed by atoms with Crippen LogP contribution in [0.4, 0.5) is 0 Å². The van der Waals surface area contributed by atoms with Crippen LogP contribution in [0.3, 0.4) is 0 Å². The van der Waals surface area contributed by atoms with E-state index in [1.54, 1.807) is 0 Å². The molecule has 1 N–H and O–H groups in total. The first-order chi connectivity index (χ1) is 11.0. The Balaban J connectivity index is 1.93. The Kier molecular flexibility index (Phi) is 4.58. The van der Waals surface area contributed by atoms with Crippen LogP contribution in [0.1, 0.15) is 47.9 Å². The lowest BCUT2D eigenvalue weighted by molar-refractivity contribution is -0.116. The monoisotopic (exact) mass is 314 g/mol. The summed E-state index contributed by atoms with van der Waals surface area (Å²) in [4.78, 5) is 12.8. The number of benzene rings is 1.